The van der Waals surface area contributed by atoms with Crippen molar-refractivity contribution in [1.82, 2.24) is 20.4 Å². The molecule has 0 unspecified atom stereocenters. The van der Waals surface area contributed by atoms with Crippen molar-refractivity contribution in [3.8, 4) is 0 Å². The number of nitrogens with one attached hydrogen (secondary N) is 2. The van der Waals surface area contributed by atoms with Crippen molar-refractivity contribution in [3.05, 3.63) is 57.6 Å². The van der Waals surface area contributed by atoms with E-state index in [1.165, 1.54) is 12.1 Å². The molecule has 3 aromatic rings. The highest BCUT2D eigenvalue weighted by Crippen LogP contribution is 2.34. The van der Waals surface area contributed by atoms with Gasteiger partial charge in [0.1, 0.15) is 11.2 Å². The first-order valence-corrected chi connectivity index (χ1v) is 7.96. The van der Waals surface area contributed by atoms with Crippen molar-refractivity contribution in [1.29, 1.82) is 0 Å². The smallest absolute Gasteiger partial charge is 0.292 e. The Kier molecular flexibility index (Phi) is 4.86. The lowest BCUT2D eigenvalue weighted by Gasteiger charge is -2.11. The second-order valence-corrected chi connectivity index (χ2v) is 5.67. The van der Waals surface area contributed by atoms with Gasteiger partial charge in [0.15, 0.2) is 0 Å². The molecule has 1 amide bonds. The second kappa shape index (κ2) is 7.13. The number of nitrogens with zero attached hydrogens (tertiary/aromatic N) is 4. The first kappa shape index (κ1) is 19.1. The molecule has 0 saturated carbocycles. The number of nitro benzene ring substituents is 1. The van der Waals surface area contributed by atoms with Crippen molar-refractivity contribution in [2.24, 2.45) is 0 Å². The number of hydrogen-bond donors (Lipinski definition) is 2. The molecule has 0 aliphatic heterocycles. The zero-order valence-electron chi connectivity index (χ0n) is 14.3. The number of nitro groups is 1. The van der Waals surface area contributed by atoms with Crippen LogP contribution >= 0.6 is 0 Å². The fourth-order valence-electron chi connectivity index (χ4n) is 2.51. The van der Waals surface area contributed by atoms with Gasteiger partial charge < -0.3 is 0 Å². The predicted molar refractivity (Wildman–Crippen MR) is 92.4 cm³/mol. The summed E-state index contributed by atoms with van der Waals surface area (Å²) in [6.07, 6.45) is -4.72. The SMILES string of the molecule is CCn1nnc2cc(C(=O)NNc3ccc(C(F)(F)F)cc3[N+](=O)[O-])ccc21. The summed E-state index contributed by atoms with van der Waals surface area (Å²) < 4.78 is 39.8. The quantitative estimate of drug-likeness (QED) is 0.508. The van der Waals surface area contributed by atoms with Gasteiger partial charge in [-0.1, -0.05) is 5.21 Å². The van der Waals surface area contributed by atoms with Gasteiger partial charge in [0, 0.05) is 18.2 Å². The summed E-state index contributed by atoms with van der Waals surface area (Å²) in [4.78, 5) is 22.4. The largest absolute Gasteiger partial charge is 0.416 e. The number of carbonyl (C=O) groups excluding carboxylic acids is 1. The summed E-state index contributed by atoms with van der Waals surface area (Å²) in [5.41, 5.74) is 3.64. The number of hydrazine groups is 1. The summed E-state index contributed by atoms with van der Waals surface area (Å²) in [6.45, 7) is 2.48. The van der Waals surface area contributed by atoms with E-state index in [9.17, 15) is 28.1 Å². The van der Waals surface area contributed by atoms with Crippen LogP contribution in [0, 0.1) is 10.1 Å². The maximum Gasteiger partial charge on any atom is 0.416 e. The molecule has 0 spiro atoms. The lowest BCUT2D eigenvalue weighted by atomic mass is 10.1. The molecule has 0 saturated heterocycles. The van der Waals surface area contributed by atoms with Crippen LogP contribution in [-0.4, -0.2) is 25.8 Å². The van der Waals surface area contributed by atoms with Crippen molar-refractivity contribution < 1.29 is 22.9 Å². The number of alkyl halides is 3. The van der Waals surface area contributed by atoms with Crippen LogP contribution in [0.4, 0.5) is 24.5 Å². The lowest BCUT2D eigenvalue weighted by molar-refractivity contribution is -0.384. The van der Waals surface area contributed by atoms with Gasteiger partial charge in [-0.2, -0.15) is 13.2 Å². The highest BCUT2D eigenvalue weighted by Gasteiger charge is 2.33. The van der Waals surface area contributed by atoms with Gasteiger partial charge in [-0.3, -0.25) is 25.8 Å². The van der Waals surface area contributed by atoms with Gasteiger partial charge >= 0.3 is 6.18 Å². The molecule has 0 fully saturated rings. The minimum absolute atomic E-state index is 0.192. The molecule has 146 valence electrons. The van der Waals surface area contributed by atoms with E-state index in [1.807, 2.05) is 6.92 Å². The molecule has 0 bridgehead atoms. The Hall–Kier alpha value is -3.70. The Balaban J connectivity index is 1.80. The lowest BCUT2D eigenvalue weighted by Crippen LogP contribution is -2.29. The third kappa shape index (κ3) is 3.70. The topological polar surface area (TPSA) is 115 Å². The van der Waals surface area contributed by atoms with Crippen molar-refractivity contribution in [2.45, 2.75) is 19.6 Å². The van der Waals surface area contributed by atoms with Crippen molar-refractivity contribution in [3.63, 3.8) is 0 Å². The van der Waals surface area contributed by atoms with E-state index in [2.05, 4.69) is 21.2 Å². The monoisotopic (exact) mass is 394 g/mol. The Bertz CT molecular complexity index is 1060. The summed E-state index contributed by atoms with van der Waals surface area (Å²) in [7, 11) is 0. The molecule has 2 N–H and O–H groups in total. The number of hydrogen-bond acceptors (Lipinski definition) is 6. The maximum absolute atomic E-state index is 12.7. The van der Waals surface area contributed by atoms with E-state index in [1.54, 1.807) is 10.7 Å². The van der Waals surface area contributed by atoms with Crippen LogP contribution in [0.25, 0.3) is 11.0 Å². The number of aromatic nitrogens is 3. The highest BCUT2D eigenvalue weighted by molar-refractivity contribution is 5.98. The fraction of sp³-hybridized carbons (Fsp3) is 0.188. The predicted octanol–water partition coefficient (Wildman–Crippen LogP) is 3.14. The van der Waals surface area contributed by atoms with E-state index >= 15 is 0 Å². The minimum Gasteiger partial charge on any atom is -0.292 e. The first-order valence-electron chi connectivity index (χ1n) is 7.96. The molecule has 0 atom stereocenters. The van der Waals surface area contributed by atoms with E-state index < -0.39 is 28.3 Å². The van der Waals surface area contributed by atoms with E-state index in [0.29, 0.717) is 24.2 Å². The number of amides is 1. The number of fused-ring (bicyclic) bond motifs is 1. The Morgan fingerprint density at radius 1 is 1.25 bits per heavy atom. The number of carbonyl (C=O) groups is 1. The van der Waals surface area contributed by atoms with Gasteiger partial charge in [0.2, 0.25) is 0 Å². The van der Waals surface area contributed by atoms with Gasteiger partial charge in [0.05, 0.1) is 16.0 Å². The standard InChI is InChI=1S/C16H13F3N6O3/c1-2-24-13-6-3-9(7-12(13)21-23-24)15(26)22-20-11-5-4-10(16(17,18)19)8-14(11)25(27)28/h3-8,20H,2H2,1H3,(H,22,26). The number of halogens is 3. The molecule has 0 aliphatic carbocycles. The van der Waals surface area contributed by atoms with E-state index in [-0.39, 0.29) is 11.3 Å². The number of anilines is 1. The minimum atomic E-state index is -4.72. The van der Waals surface area contributed by atoms with Crippen LogP contribution in [-0.2, 0) is 12.7 Å². The van der Waals surface area contributed by atoms with Crippen LogP contribution in [0.1, 0.15) is 22.8 Å². The van der Waals surface area contributed by atoms with Gasteiger partial charge in [-0.05, 0) is 37.3 Å². The molecule has 0 radical (unpaired) electrons. The summed E-state index contributed by atoms with van der Waals surface area (Å²) in [5, 5.41) is 18.9. The fourth-order valence-corrected chi connectivity index (χ4v) is 2.51. The third-order valence-electron chi connectivity index (χ3n) is 3.91. The normalized spacial score (nSPS) is 11.4. The number of benzene rings is 2. The molecule has 9 nitrogen and oxygen atoms in total. The first-order chi connectivity index (χ1) is 13.2. The average molecular weight is 394 g/mol. The van der Waals surface area contributed by atoms with Crippen LogP contribution in [0.2, 0.25) is 0 Å². The van der Waals surface area contributed by atoms with E-state index in [4.69, 9.17) is 0 Å². The summed E-state index contributed by atoms with van der Waals surface area (Å²) >= 11 is 0. The van der Waals surface area contributed by atoms with Gasteiger partial charge in [-0.25, -0.2) is 4.68 Å². The Morgan fingerprint density at radius 2 is 2.00 bits per heavy atom. The Morgan fingerprint density at radius 3 is 2.64 bits per heavy atom. The molecule has 3 rings (SSSR count). The molecular weight excluding hydrogens is 381 g/mol. The maximum atomic E-state index is 12.7. The van der Waals surface area contributed by atoms with Gasteiger partial charge in [0.25, 0.3) is 11.6 Å². The molecule has 28 heavy (non-hydrogen) atoms. The zero-order chi connectivity index (χ0) is 20.5. The molecule has 1 aromatic heterocycles. The molecule has 1 heterocycles. The Labute approximate surface area is 155 Å². The van der Waals surface area contributed by atoms with Crippen molar-refractivity contribution >= 4 is 28.3 Å². The van der Waals surface area contributed by atoms with Crippen LogP contribution in [0.5, 0.6) is 0 Å². The molecule has 2 aromatic carbocycles. The number of aryl methyl sites for hydroxylation is 1. The molecule has 12 heteroatoms. The second-order valence-electron chi connectivity index (χ2n) is 5.67. The van der Waals surface area contributed by atoms with Crippen LogP contribution in [0.15, 0.2) is 36.4 Å². The van der Waals surface area contributed by atoms with Crippen LogP contribution in [0.3, 0.4) is 0 Å². The number of rotatable bonds is 5. The molecular formula is C16H13F3N6O3. The van der Waals surface area contributed by atoms with Crippen molar-refractivity contribution in [2.75, 3.05) is 5.43 Å². The zero-order valence-corrected chi connectivity index (χ0v) is 14.3. The van der Waals surface area contributed by atoms with Crippen LogP contribution < -0.4 is 10.9 Å². The van der Waals surface area contributed by atoms with E-state index in [0.717, 1.165) is 11.6 Å². The average Bonchev–Trinajstić information content (AvgIpc) is 3.07. The molecule has 0 aliphatic rings. The highest BCUT2D eigenvalue weighted by atomic mass is 19.4. The summed E-state index contributed by atoms with van der Waals surface area (Å²) in [6, 6.07) is 6.58. The summed E-state index contributed by atoms with van der Waals surface area (Å²) in [5.74, 6) is -0.651. The van der Waals surface area contributed by atoms with Gasteiger partial charge in [-0.15, -0.1) is 5.10 Å². The third-order valence-corrected chi connectivity index (χ3v) is 3.91.